The van der Waals surface area contributed by atoms with Crippen LogP contribution in [0.2, 0.25) is 0 Å². The van der Waals surface area contributed by atoms with Gasteiger partial charge in [-0.15, -0.1) is 0 Å². The smallest absolute Gasteiger partial charge is 0.240 e. The molecule has 4 rings (SSSR count). The van der Waals surface area contributed by atoms with Gasteiger partial charge in [-0.05, 0) is 31.2 Å². The van der Waals surface area contributed by atoms with Gasteiger partial charge in [-0.2, -0.15) is 0 Å². The van der Waals surface area contributed by atoms with E-state index in [1.54, 1.807) is 0 Å². The Labute approximate surface area is 168 Å². The Kier molecular flexibility index (Phi) is 6.30. The van der Waals surface area contributed by atoms with Crippen LogP contribution in [0.4, 0.5) is 0 Å². The van der Waals surface area contributed by atoms with Crippen LogP contribution >= 0.6 is 0 Å². The maximum Gasteiger partial charge on any atom is 0.240 e. The average molecular weight is 384 g/mol. The highest BCUT2D eigenvalue weighted by Crippen LogP contribution is 2.26. The molecule has 1 saturated carbocycles. The van der Waals surface area contributed by atoms with Crippen LogP contribution in [-0.4, -0.2) is 65.3 Å². The fraction of sp³-hybridized carbons (Fsp3) is 0.652. The van der Waals surface area contributed by atoms with Crippen molar-refractivity contribution in [2.24, 2.45) is 5.92 Å². The van der Waals surface area contributed by atoms with Crippen LogP contribution in [0.3, 0.4) is 0 Å². The molecule has 1 aliphatic carbocycles. The fourth-order valence-corrected chi connectivity index (χ4v) is 5.10. The number of nitrogens with zero attached hydrogens (tertiary/aromatic N) is 3. The number of carbonyl (C=O) groups excluding carboxylic acids is 2. The predicted molar refractivity (Wildman–Crippen MR) is 110 cm³/mol. The summed E-state index contributed by atoms with van der Waals surface area (Å²) in [5.74, 6) is 0.871. The molecule has 0 bridgehead atoms. The summed E-state index contributed by atoms with van der Waals surface area (Å²) in [7, 11) is 0. The second-order valence-electron chi connectivity index (χ2n) is 8.60. The van der Waals surface area contributed by atoms with Gasteiger partial charge in [-0.25, -0.2) is 0 Å². The van der Waals surface area contributed by atoms with Gasteiger partial charge in [0.05, 0.1) is 6.04 Å². The zero-order chi connectivity index (χ0) is 19.3. The van der Waals surface area contributed by atoms with Crippen molar-refractivity contribution in [2.45, 2.75) is 57.5 Å². The molecule has 1 aromatic rings. The summed E-state index contributed by atoms with van der Waals surface area (Å²) in [5, 5.41) is 0. The summed E-state index contributed by atoms with van der Waals surface area (Å²) in [6, 6.07) is 10.2. The number of amides is 2. The molecule has 3 aliphatic rings. The molecule has 0 aromatic heterocycles. The van der Waals surface area contributed by atoms with Crippen LogP contribution in [0.25, 0.3) is 0 Å². The Morgan fingerprint density at radius 1 is 0.857 bits per heavy atom. The molecular formula is C23H33N3O2. The molecule has 28 heavy (non-hydrogen) atoms. The Hall–Kier alpha value is -1.88. The van der Waals surface area contributed by atoms with Crippen molar-refractivity contribution in [1.82, 2.24) is 14.7 Å². The van der Waals surface area contributed by atoms with Gasteiger partial charge in [0.15, 0.2) is 0 Å². The van der Waals surface area contributed by atoms with Crippen molar-refractivity contribution in [2.75, 3.05) is 32.7 Å². The number of likely N-dealkylation sites (tertiary alicyclic amines) is 1. The van der Waals surface area contributed by atoms with Crippen LogP contribution in [0.5, 0.6) is 0 Å². The highest BCUT2D eigenvalue weighted by molar-refractivity contribution is 5.84. The number of hydrogen-bond acceptors (Lipinski definition) is 3. The van der Waals surface area contributed by atoms with E-state index >= 15 is 0 Å². The average Bonchev–Trinajstić information content (AvgIpc) is 2.94. The monoisotopic (exact) mass is 383 g/mol. The van der Waals surface area contributed by atoms with Gasteiger partial charge < -0.3 is 9.80 Å². The van der Waals surface area contributed by atoms with E-state index in [0.29, 0.717) is 12.5 Å². The van der Waals surface area contributed by atoms with Crippen molar-refractivity contribution in [3.05, 3.63) is 35.9 Å². The standard InChI is InChI=1S/C23H33N3O2/c27-22(20-10-5-2-6-11-20)25-14-7-13-24(16-17-25)21-12-15-26(23(21)28)18-19-8-3-1-4-9-19/h1,3-4,8-9,20-21H,2,5-7,10-18H2/t21-/m0/s1. The summed E-state index contributed by atoms with van der Waals surface area (Å²) in [6.07, 6.45) is 7.68. The lowest BCUT2D eigenvalue weighted by Gasteiger charge is -2.29. The van der Waals surface area contributed by atoms with E-state index in [1.807, 2.05) is 23.1 Å². The molecule has 2 amide bonds. The lowest BCUT2D eigenvalue weighted by Crippen LogP contribution is -2.44. The second-order valence-corrected chi connectivity index (χ2v) is 8.60. The topological polar surface area (TPSA) is 43.9 Å². The number of rotatable bonds is 4. The minimum absolute atomic E-state index is 0.00607. The molecule has 5 nitrogen and oxygen atoms in total. The Morgan fingerprint density at radius 2 is 1.64 bits per heavy atom. The van der Waals surface area contributed by atoms with E-state index in [2.05, 4.69) is 21.9 Å². The number of benzene rings is 1. The summed E-state index contributed by atoms with van der Waals surface area (Å²) in [4.78, 5) is 32.3. The highest BCUT2D eigenvalue weighted by Gasteiger charge is 2.37. The first-order valence-corrected chi connectivity index (χ1v) is 11.1. The summed E-state index contributed by atoms with van der Waals surface area (Å²) >= 11 is 0. The lowest BCUT2D eigenvalue weighted by molar-refractivity contribution is -0.136. The van der Waals surface area contributed by atoms with E-state index in [0.717, 1.165) is 58.4 Å². The molecule has 2 aliphatic heterocycles. The second kappa shape index (κ2) is 9.08. The molecule has 0 radical (unpaired) electrons. The van der Waals surface area contributed by atoms with Gasteiger partial charge in [0.1, 0.15) is 0 Å². The molecule has 1 aromatic carbocycles. The minimum atomic E-state index is -0.00607. The van der Waals surface area contributed by atoms with Crippen LogP contribution < -0.4 is 0 Å². The third-order valence-electron chi connectivity index (χ3n) is 6.72. The SMILES string of the molecule is O=C(C1CCCCC1)N1CCCN([C@H]2CCN(Cc3ccccc3)C2=O)CC1. The van der Waals surface area contributed by atoms with E-state index in [4.69, 9.17) is 0 Å². The largest absolute Gasteiger partial charge is 0.341 e. The van der Waals surface area contributed by atoms with Crippen LogP contribution in [-0.2, 0) is 16.1 Å². The molecule has 0 N–H and O–H groups in total. The zero-order valence-electron chi connectivity index (χ0n) is 16.9. The van der Waals surface area contributed by atoms with E-state index in [1.165, 1.54) is 24.8 Å². The normalized spacial score (nSPS) is 25.1. The molecule has 0 spiro atoms. The van der Waals surface area contributed by atoms with Crippen LogP contribution in [0, 0.1) is 5.92 Å². The van der Waals surface area contributed by atoms with Crippen molar-refractivity contribution in [3.63, 3.8) is 0 Å². The van der Waals surface area contributed by atoms with Crippen molar-refractivity contribution < 1.29 is 9.59 Å². The third-order valence-corrected chi connectivity index (χ3v) is 6.72. The van der Waals surface area contributed by atoms with Gasteiger partial charge in [-0.1, -0.05) is 49.6 Å². The molecule has 2 heterocycles. The van der Waals surface area contributed by atoms with E-state index in [-0.39, 0.29) is 17.9 Å². The van der Waals surface area contributed by atoms with Crippen LogP contribution in [0.1, 0.15) is 50.5 Å². The number of hydrogen-bond donors (Lipinski definition) is 0. The van der Waals surface area contributed by atoms with Gasteiger partial charge >= 0.3 is 0 Å². The van der Waals surface area contributed by atoms with E-state index in [9.17, 15) is 9.59 Å². The number of carbonyl (C=O) groups is 2. The quantitative estimate of drug-likeness (QED) is 0.803. The molecule has 5 heteroatoms. The summed E-state index contributed by atoms with van der Waals surface area (Å²) < 4.78 is 0. The first-order chi connectivity index (χ1) is 13.7. The van der Waals surface area contributed by atoms with Gasteiger partial charge in [0.25, 0.3) is 0 Å². The highest BCUT2D eigenvalue weighted by atomic mass is 16.2. The molecule has 1 atom stereocenters. The first-order valence-electron chi connectivity index (χ1n) is 11.1. The maximum absolute atomic E-state index is 13.0. The Morgan fingerprint density at radius 3 is 2.43 bits per heavy atom. The molecule has 2 saturated heterocycles. The summed E-state index contributed by atoms with van der Waals surface area (Å²) in [6.45, 7) is 4.91. The molecule has 0 unspecified atom stereocenters. The van der Waals surface area contributed by atoms with Crippen molar-refractivity contribution in [3.8, 4) is 0 Å². The predicted octanol–water partition coefficient (Wildman–Crippen LogP) is 2.90. The van der Waals surface area contributed by atoms with Gasteiger partial charge in [-0.3, -0.25) is 14.5 Å². The maximum atomic E-state index is 13.0. The summed E-state index contributed by atoms with van der Waals surface area (Å²) in [5.41, 5.74) is 1.19. The minimum Gasteiger partial charge on any atom is -0.341 e. The fourth-order valence-electron chi connectivity index (χ4n) is 5.10. The first kappa shape index (κ1) is 19.4. The third kappa shape index (κ3) is 4.40. The van der Waals surface area contributed by atoms with Crippen molar-refractivity contribution in [1.29, 1.82) is 0 Å². The Balaban J connectivity index is 1.31. The van der Waals surface area contributed by atoms with E-state index < -0.39 is 0 Å². The zero-order valence-corrected chi connectivity index (χ0v) is 16.9. The molecule has 152 valence electrons. The Bertz CT molecular complexity index is 672. The molecule has 3 fully saturated rings. The van der Waals surface area contributed by atoms with Gasteiger partial charge in [0.2, 0.25) is 11.8 Å². The lowest BCUT2D eigenvalue weighted by atomic mass is 9.88. The van der Waals surface area contributed by atoms with Crippen LogP contribution in [0.15, 0.2) is 30.3 Å². The molecular weight excluding hydrogens is 350 g/mol. The van der Waals surface area contributed by atoms with Crippen molar-refractivity contribution >= 4 is 11.8 Å². The van der Waals surface area contributed by atoms with Gasteiger partial charge in [0, 0.05) is 45.2 Å².